The average molecular weight is 360 g/mol. The molecule has 0 saturated carbocycles. The lowest BCUT2D eigenvalue weighted by Gasteiger charge is -2.23. The molecule has 2 aliphatic heterocycles. The number of likely N-dealkylation sites (tertiary alicyclic amines) is 1. The Morgan fingerprint density at radius 3 is 2.56 bits per heavy atom. The number of carboxylic acid groups (broad SMARTS) is 1. The Morgan fingerprint density at radius 2 is 1.92 bits per heavy atom. The van der Waals surface area contributed by atoms with E-state index in [4.69, 9.17) is 14.6 Å². The summed E-state index contributed by atoms with van der Waals surface area (Å²) in [6.45, 7) is -0.596. The molecule has 1 saturated heterocycles. The number of halogens is 3. The third kappa shape index (κ3) is 3.42. The van der Waals surface area contributed by atoms with Crippen molar-refractivity contribution in [3.05, 3.63) is 18.2 Å². The monoisotopic (exact) mass is 360 g/mol. The molecule has 1 aromatic rings. The summed E-state index contributed by atoms with van der Waals surface area (Å²) in [4.78, 5) is 24.2. The van der Waals surface area contributed by atoms with Crippen LogP contribution < -0.4 is 14.8 Å². The largest absolute Gasteiger partial charge is 0.486 e. The van der Waals surface area contributed by atoms with Crippen molar-refractivity contribution in [1.29, 1.82) is 0 Å². The molecule has 2 heterocycles. The molecule has 2 N–H and O–H groups in total. The van der Waals surface area contributed by atoms with E-state index in [9.17, 15) is 22.8 Å². The van der Waals surface area contributed by atoms with E-state index in [2.05, 4.69) is 5.32 Å². The molecule has 0 aromatic heterocycles. The van der Waals surface area contributed by atoms with Crippen molar-refractivity contribution in [2.24, 2.45) is 11.8 Å². The smallest absolute Gasteiger partial charge is 0.394 e. The number of nitrogens with zero attached hydrogens (tertiary/aromatic N) is 1. The Kier molecular flexibility index (Phi) is 4.36. The number of rotatable bonds is 2. The number of urea groups is 1. The predicted octanol–water partition coefficient (Wildman–Crippen LogP) is 2.18. The maximum absolute atomic E-state index is 13.0. The number of hydrogen-bond donors (Lipinski definition) is 2. The minimum atomic E-state index is -4.69. The molecular weight excluding hydrogens is 345 g/mol. The molecule has 0 bridgehead atoms. The molecule has 2 aliphatic rings. The number of carbonyl (C=O) groups is 2. The second-order valence-electron chi connectivity index (χ2n) is 5.76. The highest BCUT2D eigenvalue weighted by Gasteiger charge is 2.53. The van der Waals surface area contributed by atoms with E-state index >= 15 is 0 Å². The lowest BCUT2D eigenvalue weighted by Crippen LogP contribution is -2.35. The lowest BCUT2D eigenvalue weighted by molar-refractivity contribution is -0.187. The fourth-order valence-corrected chi connectivity index (χ4v) is 2.92. The van der Waals surface area contributed by atoms with Gasteiger partial charge in [0.15, 0.2) is 11.5 Å². The van der Waals surface area contributed by atoms with E-state index in [-0.39, 0.29) is 12.3 Å². The minimum absolute atomic E-state index is 0.254. The van der Waals surface area contributed by atoms with Gasteiger partial charge in [0.2, 0.25) is 0 Å². The first-order valence-corrected chi connectivity index (χ1v) is 7.51. The van der Waals surface area contributed by atoms with Crippen molar-refractivity contribution in [2.45, 2.75) is 6.18 Å². The summed E-state index contributed by atoms with van der Waals surface area (Å²) in [6.07, 6.45) is -4.69. The minimum Gasteiger partial charge on any atom is -0.486 e. The van der Waals surface area contributed by atoms with Gasteiger partial charge in [-0.15, -0.1) is 0 Å². The van der Waals surface area contributed by atoms with Gasteiger partial charge in [0, 0.05) is 13.1 Å². The molecule has 25 heavy (non-hydrogen) atoms. The summed E-state index contributed by atoms with van der Waals surface area (Å²) in [6, 6.07) is 3.95. The van der Waals surface area contributed by atoms with Crippen LogP contribution in [0.15, 0.2) is 18.2 Å². The summed E-state index contributed by atoms with van der Waals surface area (Å²) in [5.74, 6) is -4.65. The Bertz CT molecular complexity index is 694. The van der Waals surface area contributed by atoms with Crippen LogP contribution in [0.3, 0.4) is 0 Å². The van der Waals surface area contributed by atoms with Crippen molar-refractivity contribution >= 4 is 17.7 Å². The zero-order chi connectivity index (χ0) is 18.2. The van der Waals surface area contributed by atoms with Gasteiger partial charge in [-0.1, -0.05) is 6.07 Å². The molecule has 10 heteroatoms. The fourth-order valence-electron chi connectivity index (χ4n) is 2.92. The quantitative estimate of drug-likeness (QED) is 0.844. The molecular formula is C15H15F3N2O5. The van der Waals surface area contributed by atoms with E-state index in [0.717, 1.165) is 4.90 Å². The Labute approximate surface area is 140 Å². The number of alkyl halides is 3. The van der Waals surface area contributed by atoms with Crippen LogP contribution in [0.2, 0.25) is 0 Å². The number of nitrogens with one attached hydrogen (secondary N) is 1. The van der Waals surface area contributed by atoms with Gasteiger partial charge in [0.05, 0.1) is 17.5 Å². The Morgan fingerprint density at radius 1 is 1.20 bits per heavy atom. The Balaban J connectivity index is 1.75. The van der Waals surface area contributed by atoms with Crippen LogP contribution in [0.5, 0.6) is 11.5 Å². The van der Waals surface area contributed by atoms with E-state index in [1.807, 2.05) is 0 Å². The van der Waals surface area contributed by atoms with Gasteiger partial charge in [0.25, 0.3) is 0 Å². The van der Waals surface area contributed by atoms with Gasteiger partial charge in [-0.3, -0.25) is 4.79 Å². The van der Waals surface area contributed by atoms with Crippen LogP contribution in [0.4, 0.5) is 23.7 Å². The number of carboxylic acids is 1. The average Bonchev–Trinajstić information content (AvgIpc) is 3.01. The highest BCUT2D eigenvalue weighted by atomic mass is 19.4. The number of para-hydroxylation sites is 1. The second kappa shape index (κ2) is 6.34. The van der Waals surface area contributed by atoms with Crippen LogP contribution in [-0.2, 0) is 4.79 Å². The van der Waals surface area contributed by atoms with Gasteiger partial charge in [-0.05, 0) is 12.1 Å². The number of carbonyl (C=O) groups excluding carboxylic acids is 1. The van der Waals surface area contributed by atoms with E-state index < -0.39 is 43.1 Å². The van der Waals surface area contributed by atoms with Crippen molar-refractivity contribution in [1.82, 2.24) is 4.90 Å². The molecule has 1 fully saturated rings. The number of benzene rings is 1. The summed E-state index contributed by atoms with van der Waals surface area (Å²) < 4.78 is 49.8. The third-order valence-corrected chi connectivity index (χ3v) is 4.15. The van der Waals surface area contributed by atoms with Gasteiger partial charge >= 0.3 is 18.2 Å². The molecule has 0 radical (unpaired) electrons. The number of amides is 2. The molecule has 2 atom stereocenters. The van der Waals surface area contributed by atoms with Gasteiger partial charge in [0.1, 0.15) is 13.2 Å². The first-order valence-electron chi connectivity index (χ1n) is 7.51. The number of ether oxygens (including phenoxy) is 2. The van der Waals surface area contributed by atoms with Gasteiger partial charge in [-0.2, -0.15) is 13.2 Å². The maximum Gasteiger partial charge on any atom is 0.394 e. The van der Waals surface area contributed by atoms with Crippen molar-refractivity contribution in [3.8, 4) is 11.5 Å². The number of anilines is 1. The maximum atomic E-state index is 13.0. The topological polar surface area (TPSA) is 88.1 Å². The standard InChI is InChI=1S/C15H15F3N2O5/c16-15(17,18)9-7-20(6-8(9)13(21)22)14(23)19-10-2-1-3-11-12(10)25-5-4-24-11/h1-3,8-9H,4-7H2,(H,19,23)(H,21,22)/t8-,9-/m1/s1. The normalized spacial score (nSPS) is 22.6. The zero-order valence-electron chi connectivity index (χ0n) is 12.9. The third-order valence-electron chi connectivity index (χ3n) is 4.15. The van der Waals surface area contributed by atoms with Crippen LogP contribution in [0.25, 0.3) is 0 Å². The summed E-state index contributed by atoms with van der Waals surface area (Å²) in [5.41, 5.74) is 0.254. The van der Waals surface area contributed by atoms with Gasteiger partial charge in [-0.25, -0.2) is 4.79 Å². The number of fused-ring (bicyclic) bond motifs is 1. The van der Waals surface area contributed by atoms with Crippen LogP contribution >= 0.6 is 0 Å². The number of hydrogen-bond acceptors (Lipinski definition) is 4. The zero-order valence-corrected chi connectivity index (χ0v) is 12.9. The molecule has 0 unspecified atom stereocenters. The fraction of sp³-hybridized carbons (Fsp3) is 0.467. The van der Waals surface area contributed by atoms with Crippen molar-refractivity contribution in [3.63, 3.8) is 0 Å². The Hall–Kier alpha value is -2.65. The molecule has 0 spiro atoms. The molecule has 2 amide bonds. The van der Waals surface area contributed by atoms with Crippen LogP contribution in [-0.4, -0.2) is 54.5 Å². The SMILES string of the molecule is O=C(O)[C@@H]1CN(C(=O)Nc2cccc3c2OCCO3)C[C@H]1C(F)(F)F. The number of aliphatic carboxylic acids is 1. The molecule has 0 aliphatic carbocycles. The van der Waals surface area contributed by atoms with E-state index in [1.54, 1.807) is 12.1 Å². The van der Waals surface area contributed by atoms with Crippen LogP contribution in [0.1, 0.15) is 0 Å². The van der Waals surface area contributed by atoms with Crippen LogP contribution in [0, 0.1) is 11.8 Å². The highest BCUT2D eigenvalue weighted by molar-refractivity contribution is 5.92. The van der Waals surface area contributed by atoms with Gasteiger partial charge < -0.3 is 24.8 Å². The lowest BCUT2D eigenvalue weighted by atomic mass is 9.96. The highest BCUT2D eigenvalue weighted by Crippen LogP contribution is 2.39. The first kappa shape index (κ1) is 17.2. The molecule has 7 nitrogen and oxygen atoms in total. The predicted molar refractivity (Wildman–Crippen MR) is 78.7 cm³/mol. The molecule has 3 rings (SSSR count). The van der Waals surface area contributed by atoms with Crippen molar-refractivity contribution in [2.75, 3.05) is 31.6 Å². The first-order chi connectivity index (χ1) is 11.8. The summed E-state index contributed by atoms with van der Waals surface area (Å²) in [5, 5.41) is 11.5. The van der Waals surface area contributed by atoms with E-state index in [0.29, 0.717) is 18.1 Å². The molecule has 136 valence electrons. The second-order valence-corrected chi connectivity index (χ2v) is 5.76. The molecule has 1 aromatic carbocycles. The van der Waals surface area contributed by atoms with E-state index in [1.165, 1.54) is 6.07 Å². The summed E-state index contributed by atoms with van der Waals surface area (Å²) in [7, 11) is 0. The van der Waals surface area contributed by atoms with Crippen molar-refractivity contribution < 1.29 is 37.3 Å². The summed E-state index contributed by atoms with van der Waals surface area (Å²) >= 11 is 0.